The summed E-state index contributed by atoms with van der Waals surface area (Å²) in [5.74, 6) is 1.32. The van der Waals surface area contributed by atoms with Crippen molar-refractivity contribution in [3.05, 3.63) is 35.4 Å². The second kappa shape index (κ2) is 5.45. The smallest absolute Gasteiger partial charge is 0.0288 e. The standard InChI is InChI=1S/C15H23NS/c1-12-7-4-5-8-13(12)11-14(16-3)15(2)9-6-10-17-15/h4-5,7-8,14,16H,6,9-11H2,1-3H3. The highest BCUT2D eigenvalue weighted by Gasteiger charge is 2.36. The van der Waals surface area contributed by atoms with Gasteiger partial charge in [0.25, 0.3) is 0 Å². The minimum Gasteiger partial charge on any atom is -0.315 e. The lowest BCUT2D eigenvalue weighted by Gasteiger charge is -2.33. The molecule has 1 aromatic rings. The zero-order valence-electron chi connectivity index (χ0n) is 11.1. The molecule has 0 amide bonds. The zero-order chi connectivity index (χ0) is 12.3. The monoisotopic (exact) mass is 249 g/mol. The van der Waals surface area contributed by atoms with Gasteiger partial charge in [0, 0.05) is 10.8 Å². The van der Waals surface area contributed by atoms with Crippen LogP contribution in [0.15, 0.2) is 24.3 Å². The number of benzene rings is 1. The van der Waals surface area contributed by atoms with Gasteiger partial charge in [-0.2, -0.15) is 11.8 Å². The van der Waals surface area contributed by atoms with Crippen LogP contribution in [0.2, 0.25) is 0 Å². The van der Waals surface area contributed by atoms with Gasteiger partial charge in [-0.05, 0) is 57.0 Å². The Bertz CT molecular complexity index is 369. The number of hydrogen-bond donors (Lipinski definition) is 1. The maximum absolute atomic E-state index is 3.54. The van der Waals surface area contributed by atoms with Gasteiger partial charge in [-0.15, -0.1) is 0 Å². The van der Waals surface area contributed by atoms with E-state index in [0.717, 1.165) is 6.42 Å². The summed E-state index contributed by atoms with van der Waals surface area (Å²) in [5, 5.41) is 3.54. The molecule has 1 aliphatic heterocycles. The Balaban J connectivity index is 2.12. The van der Waals surface area contributed by atoms with Gasteiger partial charge < -0.3 is 5.32 Å². The van der Waals surface area contributed by atoms with Crippen LogP contribution in [0.4, 0.5) is 0 Å². The van der Waals surface area contributed by atoms with E-state index in [0.29, 0.717) is 10.8 Å². The summed E-state index contributed by atoms with van der Waals surface area (Å²) in [4.78, 5) is 0. The number of thioether (sulfide) groups is 1. The van der Waals surface area contributed by atoms with Gasteiger partial charge in [0.15, 0.2) is 0 Å². The molecule has 94 valence electrons. The maximum atomic E-state index is 3.54. The van der Waals surface area contributed by atoms with Crippen molar-refractivity contribution >= 4 is 11.8 Å². The SMILES string of the molecule is CNC(Cc1ccccc1C)C1(C)CCCS1. The van der Waals surface area contributed by atoms with Gasteiger partial charge in [0.1, 0.15) is 0 Å². The van der Waals surface area contributed by atoms with E-state index >= 15 is 0 Å². The fourth-order valence-electron chi connectivity index (χ4n) is 2.76. The van der Waals surface area contributed by atoms with Crippen molar-refractivity contribution in [1.82, 2.24) is 5.32 Å². The quantitative estimate of drug-likeness (QED) is 0.877. The van der Waals surface area contributed by atoms with Gasteiger partial charge in [-0.1, -0.05) is 24.3 Å². The van der Waals surface area contributed by atoms with Crippen LogP contribution in [0.3, 0.4) is 0 Å². The van der Waals surface area contributed by atoms with Gasteiger partial charge in [0.2, 0.25) is 0 Å². The van der Waals surface area contributed by atoms with E-state index < -0.39 is 0 Å². The summed E-state index contributed by atoms with van der Waals surface area (Å²) >= 11 is 2.14. The van der Waals surface area contributed by atoms with Crippen LogP contribution in [0.1, 0.15) is 30.9 Å². The Morgan fingerprint density at radius 3 is 2.76 bits per heavy atom. The normalized spacial score (nSPS) is 26.1. The van der Waals surface area contributed by atoms with Crippen LogP contribution in [0, 0.1) is 6.92 Å². The van der Waals surface area contributed by atoms with Crippen LogP contribution >= 0.6 is 11.8 Å². The van der Waals surface area contributed by atoms with Gasteiger partial charge >= 0.3 is 0 Å². The van der Waals surface area contributed by atoms with Gasteiger partial charge in [-0.3, -0.25) is 0 Å². The lowest BCUT2D eigenvalue weighted by molar-refractivity contribution is 0.423. The molecule has 0 saturated carbocycles. The van der Waals surface area contributed by atoms with E-state index in [4.69, 9.17) is 0 Å². The van der Waals surface area contributed by atoms with E-state index in [1.165, 1.54) is 29.7 Å². The molecule has 2 heteroatoms. The second-order valence-electron chi connectivity index (χ2n) is 5.24. The highest BCUT2D eigenvalue weighted by molar-refractivity contribution is 8.00. The molecule has 1 nitrogen and oxygen atoms in total. The first-order valence-corrected chi connectivity index (χ1v) is 7.50. The number of rotatable bonds is 4. The first-order chi connectivity index (χ1) is 8.15. The Morgan fingerprint density at radius 2 is 2.18 bits per heavy atom. The molecule has 2 rings (SSSR count). The fraction of sp³-hybridized carbons (Fsp3) is 0.600. The Morgan fingerprint density at radius 1 is 1.41 bits per heavy atom. The lowest BCUT2D eigenvalue weighted by atomic mass is 9.89. The first-order valence-electron chi connectivity index (χ1n) is 6.51. The summed E-state index contributed by atoms with van der Waals surface area (Å²) in [6.07, 6.45) is 3.86. The first kappa shape index (κ1) is 13.0. The topological polar surface area (TPSA) is 12.0 Å². The number of likely N-dealkylation sites (N-methyl/N-ethyl adjacent to an activating group) is 1. The van der Waals surface area contributed by atoms with Crippen LogP contribution in [0.5, 0.6) is 0 Å². The third-order valence-corrected chi connectivity index (χ3v) is 5.66. The van der Waals surface area contributed by atoms with Crippen LogP contribution in [-0.4, -0.2) is 23.6 Å². The van der Waals surface area contributed by atoms with Crippen LogP contribution in [-0.2, 0) is 6.42 Å². The molecule has 1 heterocycles. The average Bonchev–Trinajstić information content (AvgIpc) is 2.76. The molecule has 1 fully saturated rings. The fourth-order valence-corrected chi connectivity index (χ4v) is 4.20. The summed E-state index contributed by atoms with van der Waals surface area (Å²) < 4.78 is 0.414. The van der Waals surface area contributed by atoms with Crippen molar-refractivity contribution < 1.29 is 0 Å². The Hall–Kier alpha value is -0.470. The molecule has 17 heavy (non-hydrogen) atoms. The molecule has 0 bridgehead atoms. The molecular weight excluding hydrogens is 226 g/mol. The minimum atomic E-state index is 0.414. The number of aryl methyl sites for hydroxylation is 1. The zero-order valence-corrected chi connectivity index (χ0v) is 11.9. The summed E-state index contributed by atoms with van der Waals surface area (Å²) in [6, 6.07) is 9.34. The van der Waals surface area contributed by atoms with Crippen LogP contribution in [0.25, 0.3) is 0 Å². The third kappa shape index (κ3) is 2.86. The van der Waals surface area contributed by atoms with Crippen LogP contribution < -0.4 is 5.32 Å². The molecule has 1 saturated heterocycles. The summed E-state index contributed by atoms with van der Waals surface area (Å²) in [5.41, 5.74) is 2.90. The average molecular weight is 249 g/mol. The molecule has 2 atom stereocenters. The van der Waals surface area contributed by atoms with E-state index in [1.54, 1.807) is 0 Å². The minimum absolute atomic E-state index is 0.414. The number of hydrogen-bond acceptors (Lipinski definition) is 2. The molecule has 1 aliphatic rings. The molecular formula is C15H23NS. The van der Waals surface area contributed by atoms with Crippen molar-refractivity contribution in [2.24, 2.45) is 0 Å². The van der Waals surface area contributed by atoms with E-state index in [2.05, 4.69) is 62.2 Å². The van der Waals surface area contributed by atoms with Crippen molar-refractivity contribution in [1.29, 1.82) is 0 Å². The Kier molecular flexibility index (Phi) is 4.16. The predicted molar refractivity (Wildman–Crippen MR) is 77.8 cm³/mol. The molecule has 1 aromatic carbocycles. The van der Waals surface area contributed by atoms with Crippen molar-refractivity contribution in [3.63, 3.8) is 0 Å². The van der Waals surface area contributed by atoms with E-state index in [-0.39, 0.29) is 0 Å². The summed E-state index contributed by atoms with van der Waals surface area (Å²) in [6.45, 7) is 4.64. The predicted octanol–water partition coefficient (Wildman–Crippen LogP) is 3.41. The molecule has 0 spiro atoms. The van der Waals surface area contributed by atoms with Crippen molar-refractivity contribution in [3.8, 4) is 0 Å². The highest BCUT2D eigenvalue weighted by Crippen LogP contribution is 2.41. The van der Waals surface area contributed by atoms with Crippen molar-refractivity contribution in [2.45, 2.75) is 43.9 Å². The lowest BCUT2D eigenvalue weighted by Crippen LogP contribution is -2.45. The van der Waals surface area contributed by atoms with Gasteiger partial charge in [-0.25, -0.2) is 0 Å². The van der Waals surface area contributed by atoms with E-state index in [9.17, 15) is 0 Å². The Labute approximate surface area is 109 Å². The highest BCUT2D eigenvalue weighted by atomic mass is 32.2. The number of nitrogens with one attached hydrogen (secondary N) is 1. The van der Waals surface area contributed by atoms with Crippen molar-refractivity contribution in [2.75, 3.05) is 12.8 Å². The third-order valence-electron chi connectivity index (χ3n) is 4.02. The molecule has 2 unspecified atom stereocenters. The molecule has 0 radical (unpaired) electrons. The maximum Gasteiger partial charge on any atom is 0.0288 e. The molecule has 0 aromatic heterocycles. The molecule has 1 N–H and O–H groups in total. The summed E-state index contributed by atoms with van der Waals surface area (Å²) in [7, 11) is 2.10. The largest absolute Gasteiger partial charge is 0.315 e. The van der Waals surface area contributed by atoms with Gasteiger partial charge in [0.05, 0.1) is 0 Å². The molecule has 0 aliphatic carbocycles. The van der Waals surface area contributed by atoms with E-state index in [1.807, 2.05) is 0 Å². The second-order valence-corrected chi connectivity index (χ2v) is 6.87.